The zero-order chi connectivity index (χ0) is 21.2. The van der Waals surface area contributed by atoms with E-state index in [1.165, 1.54) is 5.56 Å². The second kappa shape index (κ2) is 8.59. The molecule has 0 bridgehead atoms. The van der Waals surface area contributed by atoms with Crippen molar-refractivity contribution in [2.24, 2.45) is 5.92 Å². The number of nitrogens with zero attached hydrogens (tertiary/aromatic N) is 2. The molecule has 3 aliphatic rings. The monoisotopic (exact) mass is 421 g/mol. The van der Waals surface area contributed by atoms with E-state index < -0.39 is 0 Å². The van der Waals surface area contributed by atoms with Crippen molar-refractivity contribution in [3.63, 3.8) is 0 Å². The Kier molecular flexibility index (Phi) is 5.51. The lowest BCUT2D eigenvalue weighted by molar-refractivity contribution is -0.117. The maximum Gasteiger partial charge on any atom is 0.254 e. The lowest BCUT2D eigenvalue weighted by atomic mass is 10.1. The van der Waals surface area contributed by atoms with Gasteiger partial charge in [0.05, 0.1) is 0 Å². The fourth-order valence-electron chi connectivity index (χ4n) is 4.06. The first-order valence-corrected chi connectivity index (χ1v) is 11.0. The van der Waals surface area contributed by atoms with Crippen molar-refractivity contribution in [1.82, 2.24) is 9.80 Å². The number of piperazine rings is 1. The number of amides is 2. The predicted molar refractivity (Wildman–Crippen MR) is 116 cm³/mol. The van der Waals surface area contributed by atoms with Gasteiger partial charge in [0, 0.05) is 49.9 Å². The number of nitrogens with one attached hydrogen (secondary N) is 1. The van der Waals surface area contributed by atoms with Crippen LogP contribution in [0.5, 0.6) is 11.5 Å². The highest BCUT2D eigenvalue weighted by Gasteiger charge is 2.30. The van der Waals surface area contributed by atoms with E-state index in [-0.39, 0.29) is 17.7 Å². The average molecular weight is 421 g/mol. The summed E-state index contributed by atoms with van der Waals surface area (Å²) in [6.45, 7) is 5.00. The molecule has 2 fully saturated rings. The largest absolute Gasteiger partial charge is 0.486 e. The molecule has 2 heterocycles. The molecule has 2 amide bonds. The highest BCUT2D eigenvalue weighted by Crippen LogP contribution is 2.31. The van der Waals surface area contributed by atoms with Crippen molar-refractivity contribution in [2.75, 3.05) is 44.7 Å². The Morgan fingerprint density at radius 3 is 2.48 bits per heavy atom. The van der Waals surface area contributed by atoms with Gasteiger partial charge in [-0.05, 0) is 48.7 Å². The second-order valence-electron chi connectivity index (χ2n) is 8.39. The molecular weight excluding hydrogens is 394 g/mol. The first kappa shape index (κ1) is 19.9. The minimum atomic E-state index is 0.0153. The number of hydrogen-bond acceptors (Lipinski definition) is 5. The van der Waals surface area contributed by atoms with Gasteiger partial charge in [-0.25, -0.2) is 0 Å². The van der Waals surface area contributed by atoms with Crippen LogP contribution in [-0.4, -0.2) is 61.0 Å². The maximum atomic E-state index is 13.0. The molecule has 5 rings (SSSR count). The molecule has 0 spiro atoms. The normalized spacial score (nSPS) is 18.5. The number of hydrogen-bond donors (Lipinski definition) is 1. The fraction of sp³-hybridized carbons (Fsp3) is 0.417. The number of benzene rings is 2. The molecule has 7 nitrogen and oxygen atoms in total. The molecule has 162 valence electrons. The summed E-state index contributed by atoms with van der Waals surface area (Å²) in [4.78, 5) is 29.2. The molecule has 1 aliphatic carbocycles. The van der Waals surface area contributed by atoms with Gasteiger partial charge in [-0.2, -0.15) is 0 Å². The molecule has 1 saturated heterocycles. The number of ether oxygens (including phenoxy) is 2. The van der Waals surface area contributed by atoms with Gasteiger partial charge < -0.3 is 19.7 Å². The van der Waals surface area contributed by atoms with Crippen LogP contribution in [0.1, 0.15) is 28.8 Å². The molecule has 0 unspecified atom stereocenters. The summed E-state index contributed by atoms with van der Waals surface area (Å²) < 4.78 is 11.3. The van der Waals surface area contributed by atoms with Crippen LogP contribution in [0.2, 0.25) is 0 Å². The van der Waals surface area contributed by atoms with Crippen LogP contribution in [0, 0.1) is 5.92 Å². The number of carbonyl (C=O) groups is 2. The number of carbonyl (C=O) groups excluding carboxylic acids is 2. The van der Waals surface area contributed by atoms with Gasteiger partial charge in [-0.15, -0.1) is 0 Å². The van der Waals surface area contributed by atoms with Crippen LogP contribution < -0.4 is 14.8 Å². The summed E-state index contributed by atoms with van der Waals surface area (Å²) in [6.07, 6.45) is 1.92. The van der Waals surface area contributed by atoms with E-state index in [1.54, 1.807) is 6.07 Å². The van der Waals surface area contributed by atoms with E-state index in [9.17, 15) is 9.59 Å². The van der Waals surface area contributed by atoms with Crippen LogP contribution in [0.25, 0.3) is 0 Å². The lowest BCUT2D eigenvalue weighted by Gasteiger charge is -2.35. The third kappa shape index (κ3) is 4.66. The van der Waals surface area contributed by atoms with Crippen LogP contribution in [0.4, 0.5) is 5.69 Å². The van der Waals surface area contributed by atoms with Crippen LogP contribution >= 0.6 is 0 Å². The third-order valence-electron chi connectivity index (χ3n) is 6.00. The smallest absolute Gasteiger partial charge is 0.254 e. The number of anilines is 1. The van der Waals surface area contributed by atoms with Crippen molar-refractivity contribution in [2.45, 2.75) is 19.4 Å². The first-order chi connectivity index (χ1) is 15.2. The Balaban J connectivity index is 1.16. The SMILES string of the molecule is O=C(Nc1cccc(C(=O)N2CCN(Cc3ccc4c(c3)OCCO4)CC2)c1)C1CC1. The molecule has 0 aromatic heterocycles. The molecule has 2 aromatic rings. The van der Waals surface area contributed by atoms with Gasteiger partial charge >= 0.3 is 0 Å². The van der Waals surface area contributed by atoms with Crippen LogP contribution in [0.15, 0.2) is 42.5 Å². The molecule has 31 heavy (non-hydrogen) atoms. The minimum Gasteiger partial charge on any atom is -0.486 e. The number of fused-ring (bicyclic) bond motifs is 1. The van der Waals surface area contributed by atoms with E-state index in [0.29, 0.717) is 37.6 Å². The third-order valence-corrected chi connectivity index (χ3v) is 6.00. The molecule has 2 aromatic carbocycles. The lowest BCUT2D eigenvalue weighted by Crippen LogP contribution is -2.48. The summed E-state index contributed by atoms with van der Waals surface area (Å²) in [5, 5.41) is 2.92. The van der Waals surface area contributed by atoms with Gasteiger partial charge in [0.2, 0.25) is 5.91 Å². The molecule has 1 N–H and O–H groups in total. The van der Waals surface area contributed by atoms with Crippen molar-refractivity contribution >= 4 is 17.5 Å². The van der Waals surface area contributed by atoms with Crippen molar-refractivity contribution in [1.29, 1.82) is 0 Å². The Bertz CT molecular complexity index is 981. The number of rotatable bonds is 5. The highest BCUT2D eigenvalue weighted by atomic mass is 16.6. The summed E-state index contributed by atoms with van der Waals surface area (Å²) in [7, 11) is 0. The predicted octanol–water partition coefficient (Wildman–Crippen LogP) is 2.76. The standard InChI is InChI=1S/C24H27N3O4/c28-23(18-5-6-18)25-20-3-1-2-19(15-20)24(29)27-10-8-26(9-11-27)16-17-4-7-21-22(14-17)31-13-12-30-21/h1-4,7,14-15,18H,5-6,8-13,16H2,(H,25,28). The molecule has 7 heteroatoms. The van der Waals surface area contributed by atoms with E-state index in [0.717, 1.165) is 44.0 Å². The van der Waals surface area contributed by atoms with Crippen LogP contribution in [-0.2, 0) is 11.3 Å². The van der Waals surface area contributed by atoms with Crippen molar-refractivity contribution in [3.8, 4) is 11.5 Å². The van der Waals surface area contributed by atoms with Crippen molar-refractivity contribution < 1.29 is 19.1 Å². The average Bonchev–Trinajstić information content (AvgIpc) is 3.65. The Morgan fingerprint density at radius 1 is 0.935 bits per heavy atom. The van der Waals surface area contributed by atoms with E-state index in [2.05, 4.69) is 16.3 Å². The Hall–Kier alpha value is -3.06. The highest BCUT2D eigenvalue weighted by molar-refractivity contribution is 5.98. The molecule has 2 aliphatic heterocycles. The summed E-state index contributed by atoms with van der Waals surface area (Å²) in [5.74, 6) is 1.83. The summed E-state index contributed by atoms with van der Waals surface area (Å²) >= 11 is 0. The van der Waals surface area contributed by atoms with Gasteiger partial charge in [-0.3, -0.25) is 14.5 Å². The van der Waals surface area contributed by atoms with Crippen LogP contribution in [0.3, 0.4) is 0 Å². The van der Waals surface area contributed by atoms with Gasteiger partial charge in [-0.1, -0.05) is 12.1 Å². The van der Waals surface area contributed by atoms with Gasteiger partial charge in [0.15, 0.2) is 11.5 Å². The Labute approximate surface area is 181 Å². The van der Waals surface area contributed by atoms with E-state index >= 15 is 0 Å². The second-order valence-corrected chi connectivity index (χ2v) is 8.39. The Morgan fingerprint density at radius 2 is 1.71 bits per heavy atom. The fourth-order valence-corrected chi connectivity index (χ4v) is 4.06. The zero-order valence-electron chi connectivity index (χ0n) is 17.5. The van der Waals surface area contributed by atoms with Gasteiger partial charge in [0.25, 0.3) is 5.91 Å². The summed E-state index contributed by atoms with van der Waals surface area (Å²) in [5.41, 5.74) is 2.50. The molecule has 0 radical (unpaired) electrons. The maximum absolute atomic E-state index is 13.0. The quantitative estimate of drug-likeness (QED) is 0.804. The summed E-state index contributed by atoms with van der Waals surface area (Å²) in [6, 6.07) is 13.4. The zero-order valence-corrected chi connectivity index (χ0v) is 17.5. The minimum absolute atomic E-state index is 0.0153. The molecular formula is C24H27N3O4. The molecule has 0 atom stereocenters. The van der Waals surface area contributed by atoms with Crippen molar-refractivity contribution in [3.05, 3.63) is 53.6 Å². The van der Waals surface area contributed by atoms with E-state index in [4.69, 9.17) is 9.47 Å². The van der Waals surface area contributed by atoms with Gasteiger partial charge in [0.1, 0.15) is 13.2 Å². The first-order valence-electron chi connectivity index (χ1n) is 11.0. The topological polar surface area (TPSA) is 71.1 Å². The molecule has 1 saturated carbocycles. The van der Waals surface area contributed by atoms with E-state index in [1.807, 2.05) is 35.2 Å².